The van der Waals surface area contributed by atoms with Gasteiger partial charge in [-0.05, 0) is 26.9 Å². The van der Waals surface area contributed by atoms with Crippen molar-refractivity contribution in [1.29, 1.82) is 0 Å². The first-order valence-electron chi connectivity index (χ1n) is 3.10. The van der Waals surface area contributed by atoms with Gasteiger partial charge in [-0.3, -0.25) is 0 Å². The highest BCUT2D eigenvalue weighted by atomic mass is 16.3. The molecule has 0 bridgehead atoms. The molecule has 0 amide bonds. The summed E-state index contributed by atoms with van der Waals surface area (Å²) in [7, 11) is 2.04. The molecule has 0 aliphatic carbocycles. The highest BCUT2D eigenvalue weighted by Gasteiger charge is 2.27. The van der Waals surface area contributed by atoms with Crippen molar-refractivity contribution in [3.63, 3.8) is 0 Å². The second-order valence-electron chi connectivity index (χ2n) is 2.58. The van der Waals surface area contributed by atoms with Crippen molar-refractivity contribution in [2.75, 3.05) is 13.6 Å². The van der Waals surface area contributed by atoms with Crippen LogP contribution in [0.1, 0.15) is 13.3 Å². The SMILES string of the molecule is CC(O)[C@@H]1CCN1C. The third kappa shape index (κ3) is 0.858. The van der Waals surface area contributed by atoms with Crippen LogP contribution in [0.15, 0.2) is 0 Å². The van der Waals surface area contributed by atoms with Gasteiger partial charge < -0.3 is 10.0 Å². The Balaban J connectivity index is 2.26. The molecule has 2 atom stereocenters. The van der Waals surface area contributed by atoms with Gasteiger partial charge in [-0.1, -0.05) is 0 Å². The number of hydrogen-bond donors (Lipinski definition) is 1. The van der Waals surface area contributed by atoms with E-state index in [0.717, 1.165) is 13.0 Å². The molecule has 1 aliphatic heterocycles. The highest BCUT2D eigenvalue weighted by molar-refractivity contribution is 4.83. The number of nitrogens with zero attached hydrogens (tertiary/aromatic N) is 1. The van der Waals surface area contributed by atoms with E-state index < -0.39 is 0 Å². The third-order valence-electron chi connectivity index (χ3n) is 1.90. The van der Waals surface area contributed by atoms with Crippen LogP contribution in [0.2, 0.25) is 0 Å². The molecular formula is C6H13NO. The van der Waals surface area contributed by atoms with Crippen LogP contribution < -0.4 is 0 Å². The van der Waals surface area contributed by atoms with Crippen LogP contribution in [0, 0.1) is 0 Å². The third-order valence-corrected chi connectivity index (χ3v) is 1.90. The summed E-state index contributed by atoms with van der Waals surface area (Å²) in [6.07, 6.45) is 1.02. The molecule has 1 unspecified atom stereocenters. The van der Waals surface area contributed by atoms with E-state index in [1.54, 1.807) is 0 Å². The molecule has 0 radical (unpaired) electrons. The van der Waals surface area contributed by atoms with Gasteiger partial charge in [0.05, 0.1) is 6.10 Å². The van der Waals surface area contributed by atoms with E-state index in [9.17, 15) is 0 Å². The van der Waals surface area contributed by atoms with E-state index in [-0.39, 0.29) is 6.10 Å². The van der Waals surface area contributed by atoms with Crippen molar-refractivity contribution >= 4 is 0 Å². The molecule has 1 saturated heterocycles. The summed E-state index contributed by atoms with van der Waals surface area (Å²) < 4.78 is 0. The van der Waals surface area contributed by atoms with Crippen LogP contribution in [0.25, 0.3) is 0 Å². The standard InChI is InChI=1S/C6H13NO/c1-5(8)6-3-4-7(6)2/h5-6,8H,3-4H2,1-2H3/t5?,6-/m0/s1. The summed E-state index contributed by atoms with van der Waals surface area (Å²) in [5.74, 6) is 0. The molecular weight excluding hydrogens is 102 g/mol. The summed E-state index contributed by atoms with van der Waals surface area (Å²) in [5, 5.41) is 9.00. The molecule has 1 aliphatic rings. The first-order chi connectivity index (χ1) is 3.72. The lowest BCUT2D eigenvalue weighted by atomic mass is 10.00. The van der Waals surface area contributed by atoms with Crippen molar-refractivity contribution in [1.82, 2.24) is 4.90 Å². The first kappa shape index (κ1) is 6.05. The van der Waals surface area contributed by atoms with Crippen molar-refractivity contribution in [3.05, 3.63) is 0 Å². The van der Waals surface area contributed by atoms with Gasteiger partial charge in [-0.15, -0.1) is 0 Å². The number of likely N-dealkylation sites (N-methyl/N-ethyl adjacent to an activating group) is 1. The second-order valence-corrected chi connectivity index (χ2v) is 2.58. The quantitative estimate of drug-likeness (QED) is 0.523. The molecule has 2 nitrogen and oxygen atoms in total. The van der Waals surface area contributed by atoms with Gasteiger partial charge in [0.15, 0.2) is 0 Å². The Bertz CT molecular complexity index is 77.8. The van der Waals surface area contributed by atoms with E-state index in [0.29, 0.717) is 6.04 Å². The van der Waals surface area contributed by atoms with Crippen molar-refractivity contribution in [3.8, 4) is 0 Å². The monoisotopic (exact) mass is 115 g/mol. The fourth-order valence-electron chi connectivity index (χ4n) is 1.15. The Morgan fingerprint density at radius 3 is 2.38 bits per heavy atom. The van der Waals surface area contributed by atoms with Gasteiger partial charge >= 0.3 is 0 Å². The van der Waals surface area contributed by atoms with Gasteiger partial charge in [0.2, 0.25) is 0 Å². The molecule has 0 saturated carbocycles. The minimum atomic E-state index is -0.145. The van der Waals surface area contributed by atoms with Crippen LogP contribution >= 0.6 is 0 Å². The molecule has 1 heterocycles. The van der Waals surface area contributed by atoms with Crippen molar-refractivity contribution in [2.24, 2.45) is 0 Å². The number of likely N-dealkylation sites (tertiary alicyclic amines) is 1. The fourth-order valence-corrected chi connectivity index (χ4v) is 1.15. The summed E-state index contributed by atoms with van der Waals surface area (Å²) in [6, 6.07) is 0.440. The minimum Gasteiger partial charge on any atom is -0.392 e. The molecule has 0 aromatic rings. The zero-order chi connectivity index (χ0) is 6.15. The first-order valence-corrected chi connectivity index (χ1v) is 3.10. The van der Waals surface area contributed by atoms with Crippen molar-refractivity contribution in [2.45, 2.75) is 25.5 Å². The van der Waals surface area contributed by atoms with Gasteiger partial charge in [0.1, 0.15) is 0 Å². The van der Waals surface area contributed by atoms with Crippen LogP contribution in [0.3, 0.4) is 0 Å². The largest absolute Gasteiger partial charge is 0.392 e. The minimum absolute atomic E-state index is 0.145. The Kier molecular flexibility index (Phi) is 1.54. The molecule has 0 aromatic heterocycles. The summed E-state index contributed by atoms with van der Waals surface area (Å²) >= 11 is 0. The molecule has 0 spiro atoms. The fraction of sp³-hybridized carbons (Fsp3) is 1.00. The lowest BCUT2D eigenvalue weighted by Gasteiger charge is -2.39. The normalized spacial score (nSPS) is 34.1. The average Bonchev–Trinajstić information content (AvgIpc) is 1.61. The predicted molar refractivity (Wildman–Crippen MR) is 32.7 cm³/mol. The Morgan fingerprint density at radius 1 is 1.75 bits per heavy atom. The van der Waals surface area contributed by atoms with E-state index in [1.807, 2.05) is 14.0 Å². The molecule has 1 fully saturated rings. The van der Waals surface area contributed by atoms with E-state index in [2.05, 4.69) is 4.90 Å². The molecule has 1 rings (SSSR count). The van der Waals surface area contributed by atoms with Gasteiger partial charge in [0.25, 0.3) is 0 Å². The number of aliphatic hydroxyl groups excluding tert-OH is 1. The van der Waals surface area contributed by atoms with Crippen LogP contribution in [0.5, 0.6) is 0 Å². The number of rotatable bonds is 1. The Labute approximate surface area is 50.1 Å². The zero-order valence-electron chi connectivity index (χ0n) is 5.46. The van der Waals surface area contributed by atoms with Crippen LogP contribution in [0.4, 0.5) is 0 Å². The highest BCUT2D eigenvalue weighted by Crippen LogP contribution is 2.16. The van der Waals surface area contributed by atoms with Crippen LogP contribution in [-0.4, -0.2) is 35.7 Å². The van der Waals surface area contributed by atoms with E-state index in [1.165, 1.54) is 0 Å². The van der Waals surface area contributed by atoms with E-state index in [4.69, 9.17) is 5.11 Å². The topological polar surface area (TPSA) is 23.5 Å². The van der Waals surface area contributed by atoms with Gasteiger partial charge in [0, 0.05) is 6.04 Å². The van der Waals surface area contributed by atoms with Crippen LogP contribution in [-0.2, 0) is 0 Å². The number of aliphatic hydroxyl groups is 1. The zero-order valence-corrected chi connectivity index (χ0v) is 5.46. The Morgan fingerprint density at radius 2 is 2.38 bits per heavy atom. The molecule has 1 N–H and O–H groups in total. The van der Waals surface area contributed by atoms with Gasteiger partial charge in [-0.2, -0.15) is 0 Å². The smallest absolute Gasteiger partial charge is 0.0667 e. The maximum absolute atomic E-state index is 9.00. The maximum Gasteiger partial charge on any atom is 0.0667 e. The van der Waals surface area contributed by atoms with E-state index >= 15 is 0 Å². The number of hydrogen-bond acceptors (Lipinski definition) is 2. The average molecular weight is 115 g/mol. The molecule has 2 heteroatoms. The second kappa shape index (κ2) is 2.03. The molecule has 48 valence electrons. The summed E-state index contributed by atoms with van der Waals surface area (Å²) in [4.78, 5) is 2.17. The van der Waals surface area contributed by atoms with Crippen molar-refractivity contribution < 1.29 is 5.11 Å². The lowest BCUT2D eigenvalue weighted by molar-refractivity contribution is 0.0134. The maximum atomic E-state index is 9.00. The summed E-state index contributed by atoms with van der Waals surface area (Å²) in [6.45, 7) is 3.00. The van der Waals surface area contributed by atoms with Gasteiger partial charge in [-0.25, -0.2) is 0 Å². The summed E-state index contributed by atoms with van der Waals surface area (Å²) in [5.41, 5.74) is 0. The molecule has 0 aromatic carbocycles. The molecule has 8 heavy (non-hydrogen) atoms. The Hall–Kier alpha value is -0.0800. The lowest BCUT2D eigenvalue weighted by Crippen LogP contribution is -2.50. The predicted octanol–water partition coefficient (Wildman–Crippen LogP) is 0.0713.